The minimum absolute atomic E-state index is 0.416. The summed E-state index contributed by atoms with van der Waals surface area (Å²) in [5, 5.41) is 0. The fraction of sp³-hybridized carbons (Fsp3) is 0.455. The lowest BCUT2D eigenvalue weighted by atomic mass is 10.3. The number of ether oxygens (including phenoxy) is 1. The summed E-state index contributed by atoms with van der Waals surface area (Å²) in [7, 11) is 3.25. The van der Waals surface area contributed by atoms with E-state index in [1.165, 1.54) is 6.20 Å². The van der Waals surface area contributed by atoms with E-state index >= 15 is 0 Å². The molecular formula is C11H20N2O2. The fourth-order valence-corrected chi connectivity index (χ4v) is 0.626. The highest BCUT2D eigenvalue weighted by molar-refractivity contribution is 5.73. The van der Waals surface area contributed by atoms with Crippen LogP contribution in [0, 0.1) is 0 Å². The van der Waals surface area contributed by atoms with Crippen LogP contribution in [0.4, 0.5) is 0 Å². The molecule has 1 heterocycles. The van der Waals surface area contributed by atoms with Crippen molar-refractivity contribution in [1.82, 2.24) is 4.98 Å². The maximum absolute atomic E-state index is 10.1. The first-order valence-corrected chi connectivity index (χ1v) is 4.78. The van der Waals surface area contributed by atoms with Crippen molar-refractivity contribution in [2.75, 3.05) is 14.2 Å². The van der Waals surface area contributed by atoms with E-state index < -0.39 is 0 Å². The van der Waals surface area contributed by atoms with E-state index in [2.05, 4.69) is 9.72 Å². The van der Waals surface area contributed by atoms with Crippen molar-refractivity contribution >= 4 is 6.29 Å². The van der Waals surface area contributed by atoms with Gasteiger partial charge in [-0.2, -0.15) is 0 Å². The molecule has 0 amide bonds. The fourth-order valence-electron chi connectivity index (χ4n) is 0.626. The molecule has 0 bridgehead atoms. The molecule has 0 aromatic carbocycles. The van der Waals surface area contributed by atoms with Gasteiger partial charge in [-0.25, -0.2) is 0 Å². The summed E-state index contributed by atoms with van der Waals surface area (Å²) in [5.74, 6) is 0. The molecule has 2 N–H and O–H groups in total. The first kappa shape index (κ1) is 16.2. The average molecular weight is 212 g/mol. The Morgan fingerprint density at radius 2 is 1.93 bits per heavy atom. The topological polar surface area (TPSA) is 65.2 Å². The second-order valence-corrected chi connectivity index (χ2v) is 2.31. The quantitative estimate of drug-likeness (QED) is 0.757. The summed E-state index contributed by atoms with van der Waals surface area (Å²) in [4.78, 5) is 14.0. The Balaban J connectivity index is 0. The molecule has 0 fully saturated rings. The van der Waals surface area contributed by atoms with Gasteiger partial charge in [0.2, 0.25) is 0 Å². The zero-order valence-electron chi connectivity index (χ0n) is 9.86. The molecule has 0 aliphatic carbocycles. The van der Waals surface area contributed by atoms with Crippen LogP contribution in [0.5, 0.6) is 0 Å². The van der Waals surface area contributed by atoms with Gasteiger partial charge in [-0.3, -0.25) is 9.78 Å². The maximum Gasteiger partial charge on any atom is 0.151 e. The summed E-state index contributed by atoms with van der Waals surface area (Å²) < 4.78 is 4.25. The first-order valence-electron chi connectivity index (χ1n) is 4.78. The van der Waals surface area contributed by atoms with Gasteiger partial charge in [-0.05, 0) is 12.1 Å². The van der Waals surface area contributed by atoms with Gasteiger partial charge < -0.3 is 10.5 Å². The monoisotopic (exact) mass is 212 g/mol. The van der Waals surface area contributed by atoms with Crippen LogP contribution in [0.15, 0.2) is 18.3 Å². The Labute approximate surface area is 91.5 Å². The number of aldehydes is 1. The lowest BCUT2D eigenvalue weighted by molar-refractivity contribution is 0.112. The third kappa shape index (κ3) is 9.05. The molecule has 0 saturated carbocycles. The first-order chi connectivity index (χ1) is 7.28. The van der Waals surface area contributed by atoms with E-state index in [0.717, 1.165) is 12.0 Å². The summed E-state index contributed by atoms with van der Waals surface area (Å²) in [6.45, 7) is 4.42. The van der Waals surface area contributed by atoms with Crippen molar-refractivity contribution in [3.05, 3.63) is 29.6 Å². The minimum Gasteiger partial charge on any atom is -0.388 e. The molecule has 0 unspecified atom stereocenters. The lowest BCUT2D eigenvalue weighted by Gasteiger charge is -1.93. The van der Waals surface area contributed by atoms with Crippen LogP contribution in [0.2, 0.25) is 0 Å². The predicted molar refractivity (Wildman–Crippen MR) is 61.8 cm³/mol. The third-order valence-corrected chi connectivity index (χ3v) is 1.19. The highest BCUT2D eigenvalue weighted by Crippen LogP contribution is 1.95. The Bertz CT molecular complexity index is 235. The van der Waals surface area contributed by atoms with Crippen molar-refractivity contribution in [3.63, 3.8) is 0 Å². The number of carbonyl (C=O) groups excluding carboxylic acids is 1. The van der Waals surface area contributed by atoms with Gasteiger partial charge in [-0.15, -0.1) is 0 Å². The van der Waals surface area contributed by atoms with Crippen LogP contribution in [0.1, 0.15) is 29.9 Å². The summed E-state index contributed by atoms with van der Waals surface area (Å²) in [5.41, 5.74) is 6.67. The normalized spacial score (nSPS) is 7.80. The molecule has 4 nitrogen and oxygen atoms in total. The molecule has 15 heavy (non-hydrogen) atoms. The highest BCUT2D eigenvalue weighted by atomic mass is 16.4. The van der Waals surface area contributed by atoms with Gasteiger partial charge in [0.05, 0.1) is 5.69 Å². The van der Waals surface area contributed by atoms with Crippen molar-refractivity contribution in [3.8, 4) is 0 Å². The number of nitrogens with zero attached hydrogens (tertiary/aromatic N) is 1. The van der Waals surface area contributed by atoms with E-state index in [1.807, 2.05) is 13.8 Å². The van der Waals surface area contributed by atoms with Crippen LogP contribution in [-0.2, 0) is 11.3 Å². The predicted octanol–water partition coefficient (Wildman–Crippen LogP) is 1.64. The minimum atomic E-state index is 0.416. The molecule has 0 radical (unpaired) electrons. The Morgan fingerprint density at radius 3 is 2.20 bits per heavy atom. The molecule has 0 aliphatic rings. The number of rotatable bonds is 2. The van der Waals surface area contributed by atoms with Crippen LogP contribution in [0.25, 0.3) is 0 Å². The smallest absolute Gasteiger partial charge is 0.151 e. The second-order valence-electron chi connectivity index (χ2n) is 2.31. The SMILES string of the molecule is CC.COC.NCc1ccc(C=O)cn1. The molecule has 1 aromatic rings. The largest absolute Gasteiger partial charge is 0.388 e. The number of hydrogen-bond acceptors (Lipinski definition) is 4. The average Bonchev–Trinajstić information content (AvgIpc) is 2.33. The van der Waals surface area contributed by atoms with Gasteiger partial charge in [0.1, 0.15) is 0 Å². The summed E-state index contributed by atoms with van der Waals surface area (Å²) >= 11 is 0. The molecule has 0 aliphatic heterocycles. The highest BCUT2D eigenvalue weighted by Gasteiger charge is 1.90. The van der Waals surface area contributed by atoms with Crippen molar-refractivity contribution in [1.29, 1.82) is 0 Å². The van der Waals surface area contributed by atoms with Gasteiger partial charge in [-0.1, -0.05) is 13.8 Å². The molecule has 1 rings (SSSR count). The zero-order valence-corrected chi connectivity index (χ0v) is 9.86. The van der Waals surface area contributed by atoms with Crippen molar-refractivity contribution in [2.24, 2.45) is 5.73 Å². The number of hydrogen-bond donors (Lipinski definition) is 1. The molecule has 4 heteroatoms. The maximum atomic E-state index is 10.1. The zero-order chi connectivity index (χ0) is 12.1. The van der Waals surface area contributed by atoms with E-state index in [-0.39, 0.29) is 0 Å². The number of aromatic nitrogens is 1. The number of nitrogens with two attached hydrogens (primary N) is 1. The number of carbonyl (C=O) groups is 1. The van der Waals surface area contributed by atoms with E-state index in [4.69, 9.17) is 5.73 Å². The van der Waals surface area contributed by atoms with Crippen LogP contribution in [0.3, 0.4) is 0 Å². The molecular weight excluding hydrogens is 192 g/mol. The van der Waals surface area contributed by atoms with E-state index in [1.54, 1.807) is 26.4 Å². The Morgan fingerprint density at radius 1 is 1.40 bits per heavy atom. The van der Waals surface area contributed by atoms with E-state index in [9.17, 15) is 4.79 Å². The van der Waals surface area contributed by atoms with Crippen LogP contribution >= 0.6 is 0 Å². The standard InChI is InChI=1S/C7H8N2O.C2H6O.C2H6/c8-3-7-2-1-6(5-10)4-9-7;1-3-2;1-2/h1-2,4-5H,3,8H2;1-2H3;1-2H3. The van der Waals surface area contributed by atoms with Crippen LogP contribution < -0.4 is 5.73 Å². The van der Waals surface area contributed by atoms with Crippen LogP contribution in [-0.4, -0.2) is 25.5 Å². The molecule has 1 aromatic heterocycles. The molecule has 0 saturated heterocycles. The second kappa shape index (κ2) is 12.7. The molecule has 86 valence electrons. The van der Waals surface area contributed by atoms with Crippen molar-refractivity contribution < 1.29 is 9.53 Å². The lowest BCUT2D eigenvalue weighted by Crippen LogP contribution is -1.98. The van der Waals surface area contributed by atoms with Gasteiger partial charge in [0.25, 0.3) is 0 Å². The Hall–Kier alpha value is -1.26. The van der Waals surface area contributed by atoms with Gasteiger partial charge in [0.15, 0.2) is 6.29 Å². The van der Waals surface area contributed by atoms with E-state index in [0.29, 0.717) is 12.1 Å². The number of methoxy groups -OCH3 is 1. The van der Waals surface area contributed by atoms with Gasteiger partial charge in [0, 0.05) is 32.5 Å². The third-order valence-electron chi connectivity index (χ3n) is 1.19. The Kier molecular flexibility index (Phi) is 13.7. The summed E-state index contributed by atoms with van der Waals surface area (Å²) in [6, 6.07) is 3.44. The molecule has 0 spiro atoms. The van der Waals surface area contributed by atoms with Crippen molar-refractivity contribution in [2.45, 2.75) is 20.4 Å². The molecule has 0 atom stereocenters. The number of pyridine rings is 1. The summed E-state index contributed by atoms with van der Waals surface area (Å²) in [6.07, 6.45) is 2.27. The van der Waals surface area contributed by atoms with Gasteiger partial charge >= 0.3 is 0 Å².